The molecule has 0 saturated carbocycles. The van der Waals surface area contributed by atoms with Gasteiger partial charge in [0.1, 0.15) is 18.2 Å². The second kappa shape index (κ2) is 10.7. The molecule has 0 aliphatic rings. The molecule has 0 aromatic heterocycles. The van der Waals surface area contributed by atoms with Crippen LogP contribution >= 0.6 is 0 Å². The summed E-state index contributed by atoms with van der Waals surface area (Å²) in [6.45, 7) is 3.69. The van der Waals surface area contributed by atoms with E-state index in [-0.39, 0.29) is 18.3 Å². The Hall–Kier alpha value is -3.79. The Morgan fingerprint density at radius 2 is 1.77 bits per heavy atom. The molecule has 30 heavy (non-hydrogen) atoms. The first-order chi connectivity index (χ1) is 14.4. The summed E-state index contributed by atoms with van der Waals surface area (Å²) in [4.78, 5) is 23.4. The number of hydrogen-bond donors (Lipinski definition) is 0. The number of ether oxygens (including phenoxy) is 4. The predicted octanol–water partition coefficient (Wildman–Crippen LogP) is 3.92. The Kier molecular flexibility index (Phi) is 8.00. The second-order valence-electron chi connectivity index (χ2n) is 6.51. The zero-order valence-corrected chi connectivity index (χ0v) is 17.3. The number of benzene rings is 2. The number of methoxy groups -OCH3 is 2. The molecule has 0 radical (unpaired) electrons. The van der Waals surface area contributed by atoms with E-state index in [1.54, 1.807) is 56.3 Å². The summed E-state index contributed by atoms with van der Waals surface area (Å²) >= 11 is 0. The molecule has 156 valence electrons. The molecule has 0 heterocycles. The molecular weight excluding hydrogens is 386 g/mol. The average molecular weight is 409 g/mol. The standard InChI is InChI=1S/C23H23NO6/c1-15(2)30-23(26)19(13-24)11-17-7-10-20(21(12-17)27-3)29-14-16-5-8-18(9-6-16)22(25)28-4/h5-12,15H,14H2,1-4H3/b19-11-. The molecule has 0 atom stereocenters. The zero-order chi connectivity index (χ0) is 22.1. The van der Waals surface area contributed by atoms with Gasteiger partial charge in [-0.15, -0.1) is 0 Å². The van der Waals surface area contributed by atoms with Crippen molar-refractivity contribution in [2.24, 2.45) is 0 Å². The number of nitriles is 1. The zero-order valence-electron chi connectivity index (χ0n) is 17.3. The molecule has 0 aliphatic heterocycles. The first kappa shape index (κ1) is 22.5. The quantitative estimate of drug-likeness (QED) is 0.370. The molecular formula is C23H23NO6. The van der Waals surface area contributed by atoms with Crippen LogP contribution in [-0.4, -0.2) is 32.3 Å². The maximum Gasteiger partial charge on any atom is 0.349 e. The number of hydrogen-bond acceptors (Lipinski definition) is 7. The van der Waals surface area contributed by atoms with E-state index in [9.17, 15) is 14.9 Å². The number of nitrogens with zero attached hydrogens (tertiary/aromatic N) is 1. The SMILES string of the molecule is COC(=O)c1ccc(COc2ccc(/C=C(/C#N)C(=O)OC(C)C)cc2OC)cc1. The van der Waals surface area contributed by atoms with Gasteiger partial charge in [0, 0.05) is 0 Å². The minimum absolute atomic E-state index is 0.106. The lowest BCUT2D eigenvalue weighted by atomic mass is 10.1. The van der Waals surface area contributed by atoms with Crippen LogP contribution in [-0.2, 0) is 20.9 Å². The third-order valence-corrected chi connectivity index (χ3v) is 3.95. The first-order valence-corrected chi connectivity index (χ1v) is 9.18. The molecule has 7 nitrogen and oxygen atoms in total. The highest BCUT2D eigenvalue weighted by Crippen LogP contribution is 2.30. The lowest BCUT2D eigenvalue weighted by Gasteiger charge is -2.12. The predicted molar refractivity (Wildman–Crippen MR) is 110 cm³/mol. The Bertz CT molecular complexity index is 970. The van der Waals surface area contributed by atoms with Crippen LogP contribution in [0.2, 0.25) is 0 Å². The summed E-state index contributed by atoms with van der Waals surface area (Å²) in [5.74, 6) is -0.136. The van der Waals surface area contributed by atoms with Gasteiger partial charge in [-0.2, -0.15) is 5.26 Å². The first-order valence-electron chi connectivity index (χ1n) is 9.18. The van der Waals surface area contributed by atoms with Crippen molar-refractivity contribution in [1.82, 2.24) is 0 Å². The highest BCUT2D eigenvalue weighted by Gasteiger charge is 2.13. The van der Waals surface area contributed by atoms with Crippen molar-refractivity contribution in [2.75, 3.05) is 14.2 Å². The van der Waals surface area contributed by atoms with Gasteiger partial charge in [0.15, 0.2) is 11.5 Å². The van der Waals surface area contributed by atoms with Crippen LogP contribution in [0.3, 0.4) is 0 Å². The van der Waals surface area contributed by atoms with Crippen molar-refractivity contribution in [2.45, 2.75) is 26.6 Å². The molecule has 0 saturated heterocycles. The monoisotopic (exact) mass is 409 g/mol. The van der Waals surface area contributed by atoms with Gasteiger partial charge >= 0.3 is 11.9 Å². The van der Waals surface area contributed by atoms with E-state index in [1.165, 1.54) is 20.3 Å². The molecule has 2 aromatic rings. The van der Waals surface area contributed by atoms with E-state index >= 15 is 0 Å². The van der Waals surface area contributed by atoms with Crippen molar-refractivity contribution in [3.63, 3.8) is 0 Å². The molecule has 0 fully saturated rings. The lowest BCUT2D eigenvalue weighted by molar-refractivity contribution is -0.142. The Morgan fingerprint density at radius 3 is 2.33 bits per heavy atom. The summed E-state index contributed by atoms with van der Waals surface area (Å²) in [5.41, 5.74) is 1.81. The molecule has 0 amide bonds. The third kappa shape index (κ3) is 6.11. The Morgan fingerprint density at radius 1 is 1.07 bits per heavy atom. The smallest absolute Gasteiger partial charge is 0.349 e. The maximum atomic E-state index is 12.0. The summed E-state index contributed by atoms with van der Waals surface area (Å²) in [6, 6.07) is 13.8. The van der Waals surface area contributed by atoms with Gasteiger partial charge in [0.05, 0.1) is 25.9 Å². The highest BCUT2D eigenvalue weighted by molar-refractivity contribution is 5.98. The lowest BCUT2D eigenvalue weighted by Crippen LogP contribution is -2.12. The fourth-order valence-electron chi connectivity index (χ4n) is 2.49. The minimum atomic E-state index is -0.679. The molecule has 2 rings (SSSR count). The fourth-order valence-corrected chi connectivity index (χ4v) is 2.49. The van der Waals surface area contributed by atoms with Crippen molar-refractivity contribution in [1.29, 1.82) is 5.26 Å². The molecule has 2 aromatic carbocycles. The molecule has 7 heteroatoms. The van der Waals surface area contributed by atoms with Gasteiger partial charge in [0.25, 0.3) is 0 Å². The minimum Gasteiger partial charge on any atom is -0.493 e. The second-order valence-corrected chi connectivity index (χ2v) is 6.51. The number of rotatable bonds is 8. The van der Waals surface area contributed by atoms with E-state index in [2.05, 4.69) is 4.74 Å². The van der Waals surface area contributed by atoms with Gasteiger partial charge in [-0.25, -0.2) is 9.59 Å². The van der Waals surface area contributed by atoms with Gasteiger partial charge < -0.3 is 18.9 Å². The molecule has 0 spiro atoms. The van der Waals surface area contributed by atoms with Crippen LogP contribution in [0.1, 0.15) is 35.3 Å². The normalized spacial score (nSPS) is 10.9. The average Bonchev–Trinajstić information content (AvgIpc) is 2.75. The Labute approximate surface area is 175 Å². The fraction of sp³-hybridized carbons (Fsp3) is 0.261. The van der Waals surface area contributed by atoms with Crippen LogP contribution < -0.4 is 9.47 Å². The van der Waals surface area contributed by atoms with Crippen molar-refractivity contribution in [3.05, 3.63) is 64.7 Å². The summed E-state index contributed by atoms with van der Waals surface area (Å²) in [6.07, 6.45) is 1.11. The number of carbonyl (C=O) groups is 2. The number of esters is 2. The number of carbonyl (C=O) groups excluding carboxylic acids is 2. The van der Waals surface area contributed by atoms with Crippen molar-refractivity contribution >= 4 is 18.0 Å². The largest absolute Gasteiger partial charge is 0.493 e. The van der Waals surface area contributed by atoms with Crippen molar-refractivity contribution in [3.8, 4) is 17.6 Å². The summed E-state index contributed by atoms with van der Waals surface area (Å²) in [7, 11) is 2.83. The Balaban J connectivity index is 2.14. The van der Waals surface area contributed by atoms with Crippen LogP contribution in [0, 0.1) is 11.3 Å². The van der Waals surface area contributed by atoms with Gasteiger partial charge in [0.2, 0.25) is 0 Å². The highest BCUT2D eigenvalue weighted by atomic mass is 16.5. The molecule has 0 N–H and O–H groups in total. The molecule has 0 unspecified atom stereocenters. The van der Waals surface area contributed by atoms with E-state index in [4.69, 9.17) is 14.2 Å². The van der Waals surface area contributed by atoms with E-state index in [1.807, 2.05) is 6.07 Å². The van der Waals surface area contributed by atoms with E-state index < -0.39 is 11.9 Å². The van der Waals surface area contributed by atoms with Crippen molar-refractivity contribution < 1.29 is 28.5 Å². The van der Waals surface area contributed by atoms with E-state index in [0.717, 1.165) is 5.56 Å². The summed E-state index contributed by atoms with van der Waals surface area (Å²) < 4.78 is 20.9. The van der Waals surface area contributed by atoms with Gasteiger partial charge in [-0.05, 0) is 55.3 Å². The van der Waals surface area contributed by atoms with E-state index in [0.29, 0.717) is 22.6 Å². The van der Waals surface area contributed by atoms with Crippen LogP contribution in [0.5, 0.6) is 11.5 Å². The van der Waals surface area contributed by atoms with Gasteiger partial charge in [-0.1, -0.05) is 18.2 Å². The van der Waals surface area contributed by atoms with Crippen LogP contribution in [0.25, 0.3) is 6.08 Å². The maximum absolute atomic E-state index is 12.0. The van der Waals surface area contributed by atoms with Gasteiger partial charge in [-0.3, -0.25) is 0 Å². The molecule has 0 bridgehead atoms. The summed E-state index contributed by atoms with van der Waals surface area (Å²) in [5, 5.41) is 9.23. The third-order valence-electron chi connectivity index (χ3n) is 3.95. The van der Waals surface area contributed by atoms with Crippen LogP contribution in [0.15, 0.2) is 48.0 Å². The topological polar surface area (TPSA) is 94.9 Å². The van der Waals surface area contributed by atoms with Crippen LogP contribution in [0.4, 0.5) is 0 Å². The molecule has 0 aliphatic carbocycles.